The largest absolute Gasteiger partial charge is 0.352 e. The van der Waals surface area contributed by atoms with E-state index in [1.807, 2.05) is 0 Å². The van der Waals surface area contributed by atoms with Crippen LogP contribution >= 0.6 is 0 Å². The van der Waals surface area contributed by atoms with Crippen molar-refractivity contribution < 1.29 is 21.9 Å². The molecule has 0 radical (unpaired) electrons. The average Bonchev–Trinajstić information content (AvgIpc) is 2.74. The minimum absolute atomic E-state index is 0.0729. The van der Waals surface area contributed by atoms with Gasteiger partial charge in [-0.3, -0.25) is 9.59 Å². The Morgan fingerprint density at radius 2 is 2.12 bits per heavy atom. The molecule has 6 nitrogen and oxygen atoms in total. The number of rotatable bonds is 3. The Morgan fingerprint density at radius 1 is 1.41 bits per heavy atom. The normalized spacial score (nSPS) is 29.8. The molecule has 2 saturated heterocycles. The molecule has 2 amide bonds. The van der Waals surface area contributed by atoms with Crippen LogP contribution in [-0.2, 0) is 19.8 Å². The van der Waals surface area contributed by atoms with Gasteiger partial charge in [-0.25, -0.2) is 0 Å². The molecule has 0 aromatic rings. The highest BCUT2D eigenvalue weighted by molar-refractivity contribution is 7.87. The Hall–Kier alpha value is -1.18. The third kappa shape index (κ3) is 2.74. The fraction of sp³-hybridized carbons (Fsp3) is 0.778. The Balaban J connectivity index is 1.95. The van der Waals surface area contributed by atoms with Crippen molar-refractivity contribution in [3.8, 4) is 0 Å². The number of halogens is 1. The van der Waals surface area contributed by atoms with E-state index >= 15 is 0 Å². The molecule has 2 heterocycles. The van der Waals surface area contributed by atoms with Crippen LogP contribution in [0.4, 0.5) is 3.89 Å². The van der Waals surface area contributed by atoms with Gasteiger partial charge in [-0.2, -0.15) is 8.42 Å². The summed E-state index contributed by atoms with van der Waals surface area (Å²) in [6.07, 6.45) is 0.729. The lowest BCUT2D eigenvalue weighted by molar-refractivity contribution is -0.128. The highest BCUT2D eigenvalue weighted by Crippen LogP contribution is 2.21. The lowest BCUT2D eigenvalue weighted by Gasteiger charge is -2.20. The number of hydrogen-bond donors (Lipinski definition) is 1. The van der Waals surface area contributed by atoms with Crippen LogP contribution in [0.25, 0.3) is 0 Å². The summed E-state index contributed by atoms with van der Waals surface area (Å²) in [7, 11) is -4.66. The summed E-state index contributed by atoms with van der Waals surface area (Å²) in [5.41, 5.74) is 0. The van der Waals surface area contributed by atoms with E-state index in [1.54, 1.807) is 0 Å². The van der Waals surface area contributed by atoms with Crippen molar-refractivity contribution >= 4 is 22.0 Å². The highest BCUT2D eigenvalue weighted by Gasteiger charge is 2.39. The molecular formula is C9H13FN2O4S. The fourth-order valence-corrected chi connectivity index (χ4v) is 2.88. The van der Waals surface area contributed by atoms with Gasteiger partial charge in [-0.1, -0.05) is 0 Å². The van der Waals surface area contributed by atoms with Gasteiger partial charge in [0.1, 0.15) is 5.25 Å². The lowest BCUT2D eigenvalue weighted by atomic mass is 10.2. The molecule has 8 heteroatoms. The lowest BCUT2D eigenvalue weighted by Crippen LogP contribution is -2.40. The van der Waals surface area contributed by atoms with Crippen molar-refractivity contribution in [2.75, 3.05) is 13.1 Å². The highest BCUT2D eigenvalue weighted by atomic mass is 32.3. The summed E-state index contributed by atoms with van der Waals surface area (Å²) < 4.78 is 34.1. The Labute approximate surface area is 98.4 Å². The van der Waals surface area contributed by atoms with Gasteiger partial charge in [0.2, 0.25) is 11.8 Å². The van der Waals surface area contributed by atoms with E-state index < -0.39 is 15.5 Å². The number of carbonyl (C=O) groups is 2. The minimum Gasteiger partial charge on any atom is -0.352 e. The van der Waals surface area contributed by atoms with Crippen LogP contribution in [0.2, 0.25) is 0 Å². The van der Waals surface area contributed by atoms with Crippen molar-refractivity contribution in [2.45, 2.75) is 30.6 Å². The van der Waals surface area contributed by atoms with Gasteiger partial charge in [-0.05, 0) is 6.42 Å². The maximum absolute atomic E-state index is 12.7. The zero-order valence-electron chi connectivity index (χ0n) is 9.06. The van der Waals surface area contributed by atoms with Crippen molar-refractivity contribution in [1.82, 2.24) is 10.2 Å². The maximum Gasteiger partial charge on any atom is 0.307 e. The van der Waals surface area contributed by atoms with Crippen LogP contribution in [0, 0.1) is 0 Å². The monoisotopic (exact) mass is 264 g/mol. The molecule has 1 N–H and O–H groups in total. The van der Waals surface area contributed by atoms with E-state index in [0.717, 1.165) is 0 Å². The predicted octanol–water partition coefficient (Wildman–Crippen LogP) is -0.835. The Kier molecular flexibility index (Phi) is 3.07. The minimum atomic E-state index is -4.66. The van der Waals surface area contributed by atoms with Gasteiger partial charge in [0, 0.05) is 32.0 Å². The van der Waals surface area contributed by atoms with E-state index in [-0.39, 0.29) is 37.4 Å². The fourth-order valence-electron chi connectivity index (χ4n) is 2.18. The molecule has 0 spiro atoms. The van der Waals surface area contributed by atoms with Crippen molar-refractivity contribution in [2.24, 2.45) is 0 Å². The zero-order valence-corrected chi connectivity index (χ0v) is 9.87. The first-order valence-corrected chi connectivity index (χ1v) is 6.81. The quantitative estimate of drug-likeness (QED) is 0.674. The Morgan fingerprint density at radius 3 is 2.59 bits per heavy atom. The summed E-state index contributed by atoms with van der Waals surface area (Å²) >= 11 is 0. The standard InChI is InChI=1S/C9H13FN2O4S/c10-17(15,16)7-3-9(14)12(5-7)4-6-1-2-8(13)11-6/h6-7H,1-5H2,(H,11,13)/t6-,7?/m1/s1. The molecule has 2 aliphatic rings. The van der Waals surface area contributed by atoms with Gasteiger partial charge >= 0.3 is 10.2 Å². The van der Waals surface area contributed by atoms with E-state index in [0.29, 0.717) is 12.8 Å². The first-order valence-electron chi connectivity index (χ1n) is 5.37. The number of hydrogen-bond acceptors (Lipinski definition) is 4. The maximum atomic E-state index is 12.7. The third-order valence-electron chi connectivity index (χ3n) is 3.10. The van der Waals surface area contributed by atoms with Gasteiger partial charge in [-0.15, -0.1) is 3.89 Å². The van der Waals surface area contributed by atoms with Gasteiger partial charge in [0.25, 0.3) is 0 Å². The summed E-state index contributed by atoms with van der Waals surface area (Å²) in [6, 6.07) is -0.146. The van der Waals surface area contributed by atoms with Gasteiger partial charge in [0.05, 0.1) is 0 Å². The van der Waals surface area contributed by atoms with E-state index in [9.17, 15) is 21.9 Å². The van der Waals surface area contributed by atoms with E-state index in [4.69, 9.17) is 0 Å². The molecule has 96 valence electrons. The molecule has 2 aliphatic heterocycles. The van der Waals surface area contributed by atoms with Crippen molar-refractivity contribution in [3.63, 3.8) is 0 Å². The van der Waals surface area contributed by atoms with Crippen molar-refractivity contribution in [3.05, 3.63) is 0 Å². The number of carbonyl (C=O) groups excluding carboxylic acids is 2. The smallest absolute Gasteiger partial charge is 0.307 e. The number of likely N-dealkylation sites (tertiary alicyclic amines) is 1. The van der Waals surface area contributed by atoms with E-state index in [1.165, 1.54) is 4.90 Å². The topological polar surface area (TPSA) is 83.6 Å². The molecule has 2 atom stereocenters. The SMILES string of the molecule is O=C1CC[C@H](CN2CC(S(=O)(=O)F)CC2=O)N1. The van der Waals surface area contributed by atoms with Crippen LogP contribution in [0.15, 0.2) is 0 Å². The molecule has 2 rings (SSSR count). The third-order valence-corrected chi connectivity index (χ3v) is 4.21. The second-order valence-electron chi connectivity index (χ2n) is 4.40. The molecule has 0 aromatic carbocycles. The van der Waals surface area contributed by atoms with Crippen LogP contribution in [0.3, 0.4) is 0 Å². The first-order chi connectivity index (χ1) is 7.86. The summed E-state index contributed by atoms with van der Waals surface area (Å²) in [5, 5.41) is 1.42. The summed E-state index contributed by atoms with van der Waals surface area (Å²) in [6.45, 7) is 0.140. The molecule has 2 fully saturated rings. The Bertz CT molecular complexity index is 450. The molecular weight excluding hydrogens is 251 g/mol. The summed E-state index contributed by atoms with van der Waals surface area (Å²) in [5.74, 6) is -0.450. The molecule has 0 aromatic heterocycles. The number of nitrogens with one attached hydrogen (secondary N) is 1. The second-order valence-corrected chi connectivity index (χ2v) is 6.02. The predicted molar refractivity (Wildman–Crippen MR) is 56.2 cm³/mol. The van der Waals surface area contributed by atoms with Crippen LogP contribution in [0.5, 0.6) is 0 Å². The molecule has 0 aliphatic carbocycles. The van der Waals surface area contributed by atoms with Gasteiger partial charge < -0.3 is 10.2 Å². The number of amides is 2. The number of nitrogens with zero attached hydrogens (tertiary/aromatic N) is 1. The van der Waals surface area contributed by atoms with Crippen LogP contribution in [-0.4, -0.2) is 49.5 Å². The van der Waals surface area contributed by atoms with Crippen LogP contribution < -0.4 is 5.32 Å². The van der Waals surface area contributed by atoms with Gasteiger partial charge in [0.15, 0.2) is 0 Å². The molecule has 0 saturated carbocycles. The van der Waals surface area contributed by atoms with E-state index in [2.05, 4.69) is 5.32 Å². The molecule has 1 unspecified atom stereocenters. The molecule has 0 bridgehead atoms. The van der Waals surface area contributed by atoms with Crippen LogP contribution in [0.1, 0.15) is 19.3 Å². The second kappa shape index (κ2) is 4.25. The average molecular weight is 264 g/mol. The van der Waals surface area contributed by atoms with Crippen molar-refractivity contribution in [1.29, 1.82) is 0 Å². The first kappa shape index (κ1) is 12.3. The summed E-state index contributed by atoms with van der Waals surface area (Å²) in [4.78, 5) is 23.7. The molecule has 17 heavy (non-hydrogen) atoms. The zero-order chi connectivity index (χ0) is 12.6.